The number of hydrogen-bond acceptors (Lipinski definition) is 11. The van der Waals surface area contributed by atoms with Crippen LogP contribution in [-0.2, 0) is 9.47 Å². The molecule has 0 aliphatic rings. The average molecular weight is 499 g/mol. The van der Waals surface area contributed by atoms with Crippen LogP contribution in [0.1, 0.15) is 26.4 Å². The topological polar surface area (TPSA) is 181 Å². The van der Waals surface area contributed by atoms with Gasteiger partial charge in [-0.05, 0) is 29.8 Å². The lowest BCUT2D eigenvalue weighted by atomic mass is 9.94. The first-order chi connectivity index (χ1) is 17.8. The molecule has 184 valence electrons. The van der Waals surface area contributed by atoms with Gasteiger partial charge in [0.15, 0.2) is 11.3 Å². The number of methoxy groups -OCH3 is 2. The van der Waals surface area contributed by atoms with Crippen LogP contribution in [0.25, 0.3) is 22.2 Å². The molecule has 0 saturated carbocycles. The first-order valence-corrected chi connectivity index (χ1v) is 10.5. The van der Waals surface area contributed by atoms with Crippen LogP contribution in [0.3, 0.4) is 0 Å². The fraction of sp³-hybridized carbons (Fsp3) is 0.0800. The number of pyridine rings is 2. The minimum absolute atomic E-state index is 0.0406. The maximum Gasteiger partial charge on any atom is 0.357 e. The summed E-state index contributed by atoms with van der Waals surface area (Å²) in [4.78, 5) is 44.3. The molecule has 2 N–H and O–H groups in total. The number of nitrogens with two attached hydrogens (primary N) is 1. The third kappa shape index (κ3) is 4.44. The lowest BCUT2D eigenvalue weighted by Crippen LogP contribution is -2.18. The number of non-ortho nitro benzene ring substituents is 1. The summed E-state index contributed by atoms with van der Waals surface area (Å²) in [5.41, 5.74) is 5.36. The summed E-state index contributed by atoms with van der Waals surface area (Å²) in [6.07, 6.45) is 0. The largest absolute Gasteiger partial charge is 0.465 e. The zero-order chi connectivity index (χ0) is 26.7. The maximum atomic E-state index is 12.6. The van der Waals surface area contributed by atoms with Crippen molar-refractivity contribution in [3.8, 4) is 28.8 Å². The number of benzene rings is 2. The van der Waals surface area contributed by atoms with Crippen LogP contribution in [0.5, 0.6) is 11.6 Å². The fourth-order valence-corrected chi connectivity index (χ4v) is 3.67. The number of rotatable bonds is 6. The number of anilines is 1. The number of para-hydroxylation sites is 1. The zero-order valence-corrected chi connectivity index (χ0v) is 19.4. The van der Waals surface area contributed by atoms with Gasteiger partial charge in [0, 0.05) is 17.7 Å². The summed E-state index contributed by atoms with van der Waals surface area (Å²) < 4.78 is 15.4. The molecular weight excluding hydrogens is 482 g/mol. The van der Waals surface area contributed by atoms with Crippen molar-refractivity contribution in [2.75, 3.05) is 20.0 Å². The SMILES string of the molecule is COC(=O)c1nc2nc(Oc3ccccc3)c(C#N)c(-c3ccc([N+](=O)[O-])cc3)c2c(N)c1C(=O)OC. The second kappa shape index (κ2) is 9.96. The Balaban J connectivity index is 2.15. The molecule has 4 rings (SSSR count). The number of ether oxygens (including phenoxy) is 3. The highest BCUT2D eigenvalue weighted by Crippen LogP contribution is 2.41. The Hall–Kier alpha value is -5.57. The molecule has 0 saturated heterocycles. The maximum absolute atomic E-state index is 12.6. The van der Waals surface area contributed by atoms with E-state index in [1.807, 2.05) is 6.07 Å². The van der Waals surface area contributed by atoms with E-state index >= 15 is 0 Å². The summed E-state index contributed by atoms with van der Waals surface area (Å²) in [6, 6.07) is 15.8. The zero-order valence-electron chi connectivity index (χ0n) is 19.4. The van der Waals surface area contributed by atoms with Crippen LogP contribution in [0.2, 0.25) is 0 Å². The molecule has 12 heteroatoms. The van der Waals surface area contributed by atoms with Crippen molar-refractivity contribution in [2.45, 2.75) is 0 Å². The van der Waals surface area contributed by atoms with Gasteiger partial charge in [0.2, 0.25) is 5.88 Å². The van der Waals surface area contributed by atoms with E-state index in [2.05, 4.69) is 9.97 Å². The smallest absolute Gasteiger partial charge is 0.357 e. The normalized spacial score (nSPS) is 10.4. The standard InChI is InChI=1S/C25H17N5O7/c1-35-24(31)19-20(27)18-17(13-8-10-14(11-9-13)30(33)34)16(12-26)23(37-15-6-4-3-5-7-15)29-22(18)28-21(19)25(32)36-2/h3-11H,1-2H3,(H2,27,28,29). The molecule has 37 heavy (non-hydrogen) atoms. The van der Waals surface area contributed by atoms with Crippen LogP contribution < -0.4 is 10.5 Å². The molecule has 0 amide bonds. The van der Waals surface area contributed by atoms with E-state index < -0.39 is 22.6 Å². The number of nitro groups is 1. The van der Waals surface area contributed by atoms with Crippen LogP contribution in [-0.4, -0.2) is 41.0 Å². The van der Waals surface area contributed by atoms with Crippen LogP contribution in [0.15, 0.2) is 54.6 Å². The number of nitrogens with zero attached hydrogens (tertiary/aromatic N) is 4. The highest BCUT2D eigenvalue weighted by atomic mass is 16.6. The Morgan fingerprint density at radius 2 is 1.65 bits per heavy atom. The highest BCUT2D eigenvalue weighted by Gasteiger charge is 2.30. The third-order valence-electron chi connectivity index (χ3n) is 5.34. The molecule has 0 spiro atoms. The molecule has 0 aliphatic heterocycles. The molecule has 0 fully saturated rings. The number of nitrogen functional groups attached to an aromatic ring is 1. The monoisotopic (exact) mass is 499 g/mol. The fourth-order valence-electron chi connectivity index (χ4n) is 3.67. The van der Waals surface area contributed by atoms with E-state index in [4.69, 9.17) is 19.9 Å². The minimum Gasteiger partial charge on any atom is -0.465 e. The number of nitro benzene ring substituents is 1. The number of hydrogen-bond donors (Lipinski definition) is 1. The number of nitriles is 1. The summed E-state index contributed by atoms with van der Waals surface area (Å²) in [6.45, 7) is 0. The lowest BCUT2D eigenvalue weighted by molar-refractivity contribution is -0.384. The van der Waals surface area contributed by atoms with Gasteiger partial charge in [0.05, 0.1) is 30.2 Å². The van der Waals surface area contributed by atoms with Crippen molar-refractivity contribution in [1.29, 1.82) is 5.26 Å². The van der Waals surface area contributed by atoms with Crippen LogP contribution in [0, 0.1) is 21.4 Å². The van der Waals surface area contributed by atoms with Crippen molar-refractivity contribution in [3.05, 3.63) is 81.5 Å². The van der Waals surface area contributed by atoms with Gasteiger partial charge in [-0.2, -0.15) is 10.2 Å². The van der Waals surface area contributed by atoms with E-state index in [0.717, 1.165) is 14.2 Å². The van der Waals surface area contributed by atoms with Crippen LogP contribution >= 0.6 is 0 Å². The lowest BCUT2D eigenvalue weighted by Gasteiger charge is -2.17. The van der Waals surface area contributed by atoms with Gasteiger partial charge in [0.1, 0.15) is 22.9 Å². The van der Waals surface area contributed by atoms with Crippen molar-refractivity contribution in [2.24, 2.45) is 0 Å². The predicted molar refractivity (Wildman–Crippen MR) is 130 cm³/mol. The van der Waals surface area contributed by atoms with Gasteiger partial charge in [-0.15, -0.1) is 0 Å². The van der Waals surface area contributed by atoms with Gasteiger partial charge in [-0.3, -0.25) is 10.1 Å². The first-order valence-electron chi connectivity index (χ1n) is 10.5. The summed E-state index contributed by atoms with van der Waals surface area (Å²) in [7, 11) is 2.20. The van der Waals surface area contributed by atoms with E-state index in [1.165, 1.54) is 24.3 Å². The second-order valence-electron chi connectivity index (χ2n) is 7.43. The van der Waals surface area contributed by atoms with Crippen molar-refractivity contribution in [3.63, 3.8) is 0 Å². The average Bonchev–Trinajstić information content (AvgIpc) is 2.92. The highest BCUT2D eigenvalue weighted by molar-refractivity contribution is 6.15. The second-order valence-corrected chi connectivity index (χ2v) is 7.43. The van der Waals surface area contributed by atoms with E-state index in [-0.39, 0.29) is 45.0 Å². The molecular formula is C25H17N5O7. The Morgan fingerprint density at radius 1 is 1.00 bits per heavy atom. The Labute approximate surface area is 209 Å². The van der Waals surface area contributed by atoms with E-state index in [1.54, 1.807) is 30.3 Å². The third-order valence-corrected chi connectivity index (χ3v) is 5.34. The number of fused-ring (bicyclic) bond motifs is 1. The molecule has 0 atom stereocenters. The summed E-state index contributed by atoms with van der Waals surface area (Å²) in [5, 5.41) is 21.3. The Bertz CT molecular complexity index is 1600. The summed E-state index contributed by atoms with van der Waals surface area (Å²) in [5.74, 6) is -1.75. The number of aromatic nitrogens is 2. The molecule has 2 aromatic heterocycles. The molecule has 0 radical (unpaired) electrons. The first kappa shape index (κ1) is 24.6. The minimum atomic E-state index is -0.970. The van der Waals surface area contributed by atoms with Crippen molar-refractivity contribution in [1.82, 2.24) is 9.97 Å². The van der Waals surface area contributed by atoms with Gasteiger partial charge in [0.25, 0.3) is 5.69 Å². The predicted octanol–water partition coefficient (Wildman–Crippen LogP) is 4.02. The molecule has 2 aromatic carbocycles. The molecule has 2 heterocycles. The number of esters is 2. The van der Waals surface area contributed by atoms with Crippen LogP contribution in [0.4, 0.5) is 11.4 Å². The quantitative estimate of drug-likeness (QED) is 0.230. The van der Waals surface area contributed by atoms with Crippen molar-refractivity contribution >= 4 is 34.3 Å². The number of carbonyl (C=O) groups is 2. The van der Waals surface area contributed by atoms with Crippen molar-refractivity contribution < 1.29 is 28.7 Å². The van der Waals surface area contributed by atoms with Gasteiger partial charge < -0.3 is 19.9 Å². The molecule has 0 aliphatic carbocycles. The molecule has 0 unspecified atom stereocenters. The number of carbonyl (C=O) groups excluding carboxylic acids is 2. The van der Waals surface area contributed by atoms with E-state index in [0.29, 0.717) is 11.3 Å². The molecule has 4 aromatic rings. The Kier molecular flexibility index (Phi) is 6.61. The van der Waals surface area contributed by atoms with Gasteiger partial charge in [-0.25, -0.2) is 14.6 Å². The van der Waals surface area contributed by atoms with Gasteiger partial charge in [-0.1, -0.05) is 18.2 Å². The van der Waals surface area contributed by atoms with E-state index in [9.17, 15) is 25.0 Å². The van der Waals surface area contributed by atoms with Gasteiger partial charge >= 0.3 is 11.9 Å². The molecule has 0 bridgehead atoms. The Morgan fingerprint density at radius 3 is 2.22 bits per heavy atom. The molecule has 12 nitrogen and oxygen atoms in total. The summed E-state index contributed by atoms with van der Waals surface area (Å²) >= 11 is 0.